The number of nitrogens with zero attached hydrogens (tertiary/aromatic N) is 3. The number of hydrogen-bond donors (Lipinski definition) is 0. The van der Waals surface area contributed by atoms with Crippen LogP contribution in [0.15, 0.2) is 24.4 Å². The summed E-state index contributed by atoms with van der Waals surface area (Å²) in [5.74, 6) is 0. The second-order valence-electron chi connectivity index (χ2n) is 4.05. The van der Waals surface area contributed by atoms with Crippen LogP contribution in [0.1, 0.15) is 28.6 Å². The Hall–Kier alpha value is -1.16. The van der Waals surface area contributed by atoms with Crippen LogP contribution in [0.4, 0.5) is 0 Å². The van der Waals surface area contributed by atoms with Crippen molar-refractivity contribution in [3.63, 3.8) is 0 Å². The third-order valence-electron chi connectivity index (χ3n) is 2.39. The van der Waals surface area contributed by atoms with E-state index in [1.54, 1.807) is 0 Å². The Morgan fingerprint density at radius 2 is 1.81 bits per heavy atom. The second-order valence-corrected chi connectivity index (χ2v) is 5.42. The summed E-state index contributed by atoms with van der Waals surface area (Å²) in [5, 5.41) is 8.24. The van der Waals surface area contributed by atoms with E-state index in [1.165, 1.54) is 11.1 Å². The molecule has 1 atom stereocenters. The lowest BCUT2D eigenvalue weighted by atomic mass is 10.1. The van der Waals surface area contributed by atoms with Crippen molar-refractivity contribution in [3.8, 4) is 5.69 Å². The maximum atomic E-state index is 4.13. The molecule has 0 saturated carbocycles. The average molecular weight is 280 g/mol. The van der Waals surface area contributed by atoms with Crippen molar-refractivity contribution in [1.29, 1.82) is 0 Å². The van der Waals surface area contributed by atoms with Gasteiger partial charge in [-0.1, -0.05) is 27.2 Å². The second kappa shape index (κ2) is 4.37. The number of halogens is 1. The SMILES string of the molecule is Cc1cc(C)cc(-n2cc(C(C)Br)nn2)c1. The summed E-state index contributed by atoms with van der Waals surface area (Å²) in [4.78, 5) is 0.229. The molecule has 16 heavy (non-hydrogen) atoms. The van der Waals surface area contributed by atoms with Gasteiger partial charge in [-0.25, -0.2) is 4.68 Å². The third kappa shape index (κ3) is 2.32. The number of rotatable bonds is 2. The first kappa shape index (κ1) is 11.3. The largest absolute Gasteiger partial charge is 0.220 e. The zero-order chi connectivity index (χ0) is 11.7. The van der Waals surface area contributed by atoms with Gasteiger partial charge in [0.2, 0.25) is 0 Å². The van der Waals surface area contributed by atoms with E-state index >= 15 is 0 Å². The van der Waals surface area contributed by atoms with E-state index in [1.807, 2.05) is 17.8 Å². The molecule has 2 aromatic rings. The van der Waals surface area contributed by atoms with Gasteiger partial charge in [-0.15, -0.1) is 5.10 Å². The van der Waals surface area contributed by atoms with E-state index in [0.29, 0.717) is 0 Å². The van der Waals surface area contributed by atoms with E-state index in [2.05, 4.69) is 58.3 Å². The van der Waals surface area contributed by atoms with Crippen molar-refractivity contribution in [2.45, 2.75) is 25.6 Å². The van der Waals surface area contributed by atoms with Crippen LogP contribution in [0.5, 0.6) is 0 Å². The van der Waals surface area contributed by atoms with Crippen LogP contribution < -0.4 is 0 Å². The topological polar surface area (TPSA) is 30.7 Å². The van der Waals surface area contributed by atoms with Crippen LogP contribution in [-0.2, 0) is 0 Å². The first-order valence-corrected chi connectivity index (χ1v) is 6.13. The molecule has 1 aromatic carbocycles. The standard InChI is InChI=1S/C12H14BrN3/c1-8-4-9(2)6-11(5-8)16-7-12(10(3)13)14-15-16/h4-7,10H,1-3H3. The van der Waals surface area contributed by atoms with E-state index in [-0.39, 0.29) is 4.83 Å². The monoisotopic (exact) mass is 279 g/mol. The molecule has 1 heterocycles. The third-order valence-corrected chi connectivity index (χ3v) is 2.86. The minimum absolute atomic E-state index is 0.229. The number of hydrogen-bond acceptors (Lipinski definition) is 2. The fourth-order valence-electron chi connectivity index (χ4n) is 1.67. The Morgan fingerprint density at radius 1 is 1.19 bits per heavy atom. The smallest absolute Gasteiger partial charge is 0.0965 e. The van der Waals surface area contributed by atoms with Crippen LogP contribution in [0.25, 0.3) is 5.69 Å². The van der Waals surface area contributed by atoms with Gasteiger partial charge in [0.1, 0.15) is 0 Å². The fourth-order valence-corrected chi connectivity index (χ4v) is 1.88. The van der Waals surface area contributed by atoms with Crippen molar-refractivity contribution >= 4 is 15.9 Å². The molecule has 0 saturated heterocycles. The van der Waals surface area contributed by atoms with Gasteiger partial charge < -0.3 is 0 Å². The van der Waals surface area contributed by atoms with Gasteiger partial charge >= 0.3 is 0 Å². The lowest BCUT2D eigenvalue weighted by Crippen LogP contribution is -1.96. The summed E-state index contributed by atoms with van der Waals surface area (Å²) < 4.78 is 1.81. The summed E-state index contributed by atoms with van der Waals surface area (Å²) in [5.41, 5.74) is 4.47. The molecule has 1 unspecified atom stereocenters. The quantitative estimate of drug-likeness (QED) is 0.790. The number of aryl methyl sites for hydroxylation is 2. The predicted molar refractivity (Wildman–Crippen MR) is 68.2 cm³/mol. The van der Waals surface area contributed by atoms with Crippen molar-refractivity contribution in [2.75, 3.05) is 0 Å². The Kier molecular flexibility index (Phi) is 3.10. The van der Waals surface area contributed by atoms with Gasteiger partial charge in [-0.2, -0.15) is 0 Å². The Balaban J connectivity index is 2.42. The number of benzene rings is 1. The molecule has 0 bridgehead atoms. The van der Waals surface area contributed by atoms with Crippen LogP contribution in [0, 0.1) is 13.8 Å². The minimum atomic E-state index is 0.229. The molecule has 2 rings (SSSR count). The Morgan fingerprint density at radius 3 is 2.31 bits per heavy atom. The summed E-state index contributed by atoms with van der Waals surface area (Å²) in [6, 6.07) is 6.35. The highest BCUT2D eigenvalue weighted by Crippen LogP contribution is 2.20. The van der Waals surface area contributed by atoms with Crippen molar-refractivity contribution in [3.05, 3.63) is 41.2 Å². The van der Waals surface area contributed by atoms with Crippen LogP contribution in [0.2, 0.25) is 0 Å². The molecular formula is C12H14BrN3. The molecule has 0 amide bonds. The van der Waals surface area contributed by atoms with E-state index in [0.717, 1.165) is 11.4 Å². The van der Waals surface area contributed by atoms with E-state index < -0.39 is 0 Å². The summed E-state index contributed by atoms with van der Waals surface area (Å²) >= 11 is 3.48. The first-order valence-electron chi connectivity index (χ1n) is 5.21. The summed E-state index contributed by atoms with van der Waals surface area (Å²) in [6.07, 6.45) is 1.95. The van der Waals surface area contributed by atoms with Crippen molar-refractivity contribution in [2.24, 2.45) is 0 Å². The first-order chi connectivity index (χ1) is 7.56. The normalized spacial score (nSPS) is 12.8. The van der Waals surface area contributed by atoms with Crippen LogP contribution in [-0.4, -0.2) is 15.0 Å². The molecular weight excluding hydrogens is 266 g/mol. The zero-order valence-electron chi connectivity index (χ0n) is 9.61. The van der Waals surface area contributed by atoms with Crippen molar-refractivity contribution in [1.82, 2.24) is 15.0 Å². The highest BCUT2D eigenvalue weighted by atomic mass is 79.9. The summed E-state index contributed by atoms with van der Waals surface area (Å²) in [7, 11) is 0. The van der Waals surface area contributed by atoms with Gasteiger partial charge in [0, 0.05) is 0 Å². The van der Waals surface area contributed by atoms with Crippen LogP contribution >= 0.6 is 15.9 Å². The van der Waals surface area contributed by atoms with Gasteiger partial charge in [0.25, 0.3) is 0 Å². The maximum absolute atomic E-state index is 4.13. The Labute approximate surface area is 104 Å². The highest BCUT2D eigenvalue weighted by Gasteiger charge is 2.07. The molecule has 3 nitrogen and oxygen atoms in total. The van der Waals surface area contributed by atoms with E-state index in [9.17, 15) is 0 Å². The summed E-state index contributed by atoms with van der Waals surface area (Å²) in [6.45, 7) is 6.21. The molecule has 0 fully saturated rings. The Bertz CT molecular complexity index is 482. The molecule has 4 heteroatoms. The van der Waals surface area contributed by atoms with E-state index in [4.69, 9.17) is 0 Å². The van der Waals surface area contributed by atoms with Gasteiger partial charge in [0.05, 0.1) is 22.4 Å². The zero-order valence-corrected chi connectivity index (χ0v) is 11.2. The lowest BCUT2D eigenvalue weighted by molar-refractivity contribution is 0.796. The predicted octanol–water partition coefficient (Wildman–Crippen LogP) is 3.34. The van der Waals surface area contributed by atoms with Crippen molar-refractivity contribution < 1.29 is 0 Å². The molecule has 0 aliphatic carbocycles. The highest BCUT2D eigenvalue weighted by molar-refractivity contribution is 9.09. The molecule has 84 valence electrons. The van der Waals surface area contributed by atoms with Crippen LogP contribution in [0.3, 0.4) is 0 Å². The maximum Gasteiger partial charge on any atom is 0.0965 e. The molecule has 0 spiro atoms. The fraction of sp³-hybridized carbons (Fsp3) is 0.333. The number of aromatic nitrogens is 3. The van der Waals surface area contributed by atoms with Gasteiger partial charge in [-0.05, 0) is 44.0 Å². The average Bonchev–Trinajstić information content (AvgIpc) is 2.64. The molecule has 1 aromatic heterocycles. The van der Waals surface area contributed by atoms with Gasteiger partial charge in [0.15, 0.2) is 0 Å². The molecule has 0 aliphatic rings. The minimum Gasteiger partial charge on any atom is -0.220 e. The van der Waals surface area contributed by atoms with Gasteiger partial charge in [-0.3, -0.25) is 0 Å². The lowest BCUT2D eigenvalue weighted by Gasteiger charge is -2.03. The molecule has 0 radical (unpaired) electrons. The number of alkyl halides is 1. The molecule has 0 aliphatic heterocycles. The molecule has 0 N–H and O–H groups in total.